The number of aromatic nitrogens is 4. The normalized spacial score (nSPS) is 11.3. The maximum absolute atomic E-state index is 13.9. The summed E-state index contributed by atoms with van der Waals surface area (Å²) in [5.74, 6) is -2.40. The molecule has 0 radical (unpaired) electrons. The number of benzene rings is 3. The number of aryl methyl sites for hydroxylation is 1. The summed E-state index contributed by atoms with van der Waals surface area (Å²) in [4.78, 5) is 39.1. The number of fused-ring (bicyclic) bond motifs is 3. The van der Waals surface area contributed by atoms with E-state index in [4.69, 9.17) is 0 Å². The van der Waals surface area contributed by atoms with Crippen LogP contribution in [-0.2, 0) is 17.9 Å². The Labute approximate surface area is 196 Å². The van der Waals surface area contributed by atoms with Gasteiger partial charge in [-0.25, -0.2) is 22.7 Å². The molecular weight excluding hydrogens is 456 g/mol. The summed E-state index contributed by atoms with van der Waals surface area (Å²) >= 11 is 0. The molecule has 2 heterocycles. The molecule has 0 bridgehead atoms. The molecule has 0 spiro atoms. The fourth-order valence-corrected chi connectivity index (χ4v) is 3.91. The Balaban J connectivity index is 1.60. The van der Waals surface area contributed by atoms with E-state index in [2.05, 4.69) is 10.4 Å². The fraction of sp³-hybridized carbons (Fsp3) is 0.120. The van der Waals surface area contributed by atoms with Crippen molar-refractivity contribution < 1.29 is 13.6 Å². The molecule has 0 atom stereocenters. The highest BCUT2D eigenvalue weighted by Crippen LogP contribution is 2.16. The van der Waals surface area contributed by atoms with E-state index in [1.165, 1.54) is 8.97 Å². The molecule has 8 nitrogen and oxygen atoms in total. The number of amides is 1. The smallest absolute Gasteiger partial charge is 0.322 e. The van der Waals surface area contributed by atoms with Crippen molar-refractivity contribution in [2.24, 2.45) is 0 Å². The van der Waals surface area contributed by atoms with Crippen LogP contribution in [0.25, 0.3) is 16.7 Å². The summed E-state index contributed by atoms with van der Waals surface area (Å²) in [6.45, 7) is 1.58. The van der Waals surface area contributed by atoms with Crippen molar-refractivity contribution in [1.82, 2.24) is 18.7 Å². The van der Waals surface area contributed by atoms with Crippen molar-refractivity contribution in [2.45, 2.75) is 20.0 Å². The molecule has 0 aliphatic rings. The van der Waals surface area contributed by atoms with Gasteiger partial charge in [-0.2, -0.15) is 0 Å². The number of para-hydroxylation sites is 1. The van der Waals surface area contributed by atoms with Gasteiger partial charge in [0.2, 0.25) is 11.7 Å². The Morgan fingerprint density at radius 1 is 1.00 bits per heavy atom. The van der Waals surface area contributed by atoms with Gasteiger partial charge in [-0.05, 0) is 36.8 Å². The summed E-state index contributed by atoms with van der Waals surface area (Å²) < 4.78 is 30.6. The zero-order valence-electron chi connectivity index (χ0n) is 18.5. The first-order chi connectivity index (χ1) is 16.8. The summed E-state index contributed by atoms with van der Waals surface area (Å²) in [6, 6.07) is 17.0. The van der Waals surface area contributed by atoms with Crippen LogP contribution in [0.4, 0.5) is 14.5 Å². The number of nitrogens with one attached hydrogen (secondary N) is 1. The highest BCUT2D eigenvalue weighted by molar-refractivity contribution is 5.90. The van der Waals surface area contributed by atoms with E-state index >= 15 is 0 Å². The molecule has 1 N–H and O–H groups in total. The lowest BCUT2D eigenvalue weighted by Gasteiger charge is -2.10. The van der Waals surface area contributed by atoms with Crippen LogP contribution >= 0.6 is 0 Å². The lowest BCUT2D eigenvalue weighted by molar-refractivity contribution is -0.117. The zero-order chi connectivity index (χ0) is 24.7. The van der Waals surface area contributed by atoms with E-state index in [9.17, 15) is 23.2 Å². The van der Waals surface area contributed by atoms with E-state index in [-0.39, 0.29) is 23.6 Å². The van der Waals surface area contributed by atoms with Crippen LogP contribution in [0.15, 0.2) is 76.3 Å². The first-order valence-electron chi connectivity index (χ1n) is 10.7. The number of hydrogen-bond acceptors (Lipinski definition) is 4. The minimum atomic E-state index is -0.946. The van der Waals surface area contributed by atoms with Gasteiger partial charge < -0.3 is 5.32 Å². The molecule has 10 heteroatoms. The van der Waals surface area contributed by atoms with Gasteiger partial charge in [0, 0.05) is 6.07 Å². The second-order valence-electron chi connectivity index (χ2n) is 8.14. The molecule has 1 amide bonds. The lowest BCUT2D eigenvalue weighted by atomic mass is 10.1. The van der Waals surface area contributed by atoms with Gasteiger partial charge in [0.05, 0.1) is 23.1 Å². The predicted octanol–water partition coefficient (Wildman–Crippen LogP) is 3.08. The van der Waals surface area contributed by atoms with Gasteiger partial charge in [-0.15, -0.1) is 5.10 Å². The zero-order valence-corrected chi connectivity index (χ0v) is 18.5. The molecule has 0 aliphatic carbocycles. The van der Waals surface area contributed by atoms with Crippen molar-refractivity contribution in [3.05, 3.63) is 110 Å². The highest BCUT2D eigenvalue weighted by atomic mass is 19.1. The standard InChI is InChI=1S/C25H19F2N5O3/c1-15-6-8-16(9-7-15)13-30-23(34)18-4-2-3-5-21(18)32-24(30)29-31(25(32)35)14-22(33)28-20-11-10-17(26)12-19(20)27/h2-12H,13-14H2,1H3,(H,28,33). The van der Waals surface area contributed by atoms with E-state index in [0.717, 1.165) is 27.9 Å². The molecule has 0 unspecified atom stereocenters. The molecule has 35 heavy (non-hydrogen) atoms. The van der Waals surface area contributed by atoms with Crippen molar-refractivity contribution in [1.29, 1.82) is 0 Å². The maximum atomic E-state index is 13.9. The fourth-order valence-electron chi connectivity index (χ4n) is 3.91. The number of rotatable bonds is 5. The average molecular weight is 475 g/mol. The van der Waals surface area contributed by atoms with E-state index in [0.29, 0.717) is 17.0 Å². The van der Waals surface area contributed by atoms with Crippen molar-refractivity contribution in [3.8, 4) is 0 Å². The third-order valence-electron chi connectivity index (χ3n) is 5.64. The monoisotopic (exact) mass is 475 g/mol. The first kappa shape index (κ1) is 22.2. The van der Waals surface area contributed by atoms with Crippen LogP contribution in [0.2, 0.25) is 0 Å². The number of hydrogen-bond donors (Lipinski definition) is 1. The van der Waals surface area contributed by atoms with Crippen LogP contribution in [0, 0.1) is 18.6 Å². The van der Waals surface area contributed by atoms with Crippen LogP contribution in [-0.4, -0.2) is 24.7 Å². The topological polar surface area (TPSA) is 90.4 Å². The van der Waals surface area contributed by atoms with Crippen molar-refractivity contribution >= 4 is 28.3 Å². The van der Waals surface area contributed by atoms with Gasteiger partial charge in [0.25, 0.3) is 5.56 Å². The number of halogens is 2. The van der Waals surface area contributed by atoms with Crippen LogP contribution in [0.5, 0.6) is 0 Å². The minimum absolute atomic E-state index is 0.0695. The van der Waals surface area contributed by atoms with Gasteiger partial charge in [-0.1, -0.05) is 42.0 Å². The van der Waals surface area contributed by atoms with Gasteiger partial charge in [0.15, 0.2) is 0 Å². The molecule has 3 aromatic carbocycles. The third kappa shape index (κ3) is 4.10. The highest BCUT2D eigenvalue weighted by Gasteiger charge is 2.19. The Morgan fingerprint density at radius 3 is 2.49 bits per heavy atom. The summed E-state index contributed by atoms with van der Waals surface area (Å²) in [7, 11) is 0. The summed E-state index contributed by atoms with van der Waals surface area (Å²) in [5, 5.41) is 6.90. The van der Waals surface area contributed by atoms with Crippen LogP contribution < -0.4 is 16.6 Å². The maximum Gasteiger partial charge on any atom is 0.352 e. The lowest BCUT2D eigenvalue weighted by Crippen LogP contribution is -2.29. The van der Waals surface area contributed by atoms with Crippen LogP contribution in [0.3, 0.4) is 0 Å². The largest absolute Gasteiger partial charge is 0.352 e. The predicted molar refractivity (Wildman–Crippen MR) is 126 cm³/mol. The van der Waals surface area contributed by atoms with Gasteiger partial charge in [0.1, 0.15) is 18.2 Å². The number of carbonyl (C=O) groups is 1. The minimum Gasteiger partial charge on any atom is -0.322 e. The molecular formula is C25H19F2N5O3. The van der Waals surface area contributed by atoms with E-state index < -0.39 is 29.8 Å². The SMILES string of the molecule is Cc1ccc(Cn2c(=O)c3ccccc3n3c(=O)n(CC(=O)Nc4ccc(F)cc4F)nc23)cc1. The van der Waals surface area contributed by atoms with Gasteiger partial charge >= 0.3 is 5.69 Å². The van der Waals surface area contributed by atoms with E-state index in [1.54, 1.807) is 24.3 Å². The second-order valence-corrected chi connectivity index (χ2v) is 8.14. The molecule has 0 aliphatic heterocycles. The van der Waals surface area contributed by atoms with Crippen molar-refractivity contribution in [3.63, 3.8) is 0 Å². The first-order valence-corrected chi connectivity index (χ1v) is 10.7. The number of carbonyl (C=O) groups excluding carboxylic acids is 1. The Morgan fingerprint density at radius 2 is 1.74 bits per heavy atom. The molecule has 0 saturated heterocycles. The molecule has 5 aromatic rings. The van der Waals surface area contributed by atoms with Gasteiger partial charge in [-0.3, -0.25) is 14.2 Å². The quantitative estimate of drug-likeness (QED) is 0.423. The average Bonchev–Trinajstić information content (AvgIpc) is 3.15. The Hall–Kier alpha value is -4.60. The Kier molecular flexibility index (Phi) is 5.48. The summed E-state index contributed by atoms with van der Waals surface area (Å²) in [6.07, 6.45) is 0. The van der Waals surface area contributed by atoms with Crippen LogP contribution in [0.1, 0.15) is 11.1 Å². The molecule has 0 fully saturated rings. The number of anilines is 1. The third-order valence-corrected chi connectivity index (χ3v) is 5.64. The molecule has 0 saturated carbocycles. The van der Waals surface area contributed by atoms with Crippen molar-refractivity contribution in [2.75, 3.05) is 5.32 Å². The van der Waals surface area contributed by atoms with E-state index in [1.807, 2.05) is 31.2 Å². The Bertz CT molecular complexity index is 1720. The molecule has 176 valence electrons. The number of nitrogens with zero attached hydrogens (tertiary/aromatic N) is 4. The second kappa shape index (κ2) is 8.64. The molecule has 5 rings (SSSR count). The molecule has 2 aromatic heterocycles. The summed E-state index contributed by atoms with van der Waals surface area (Å²) in [5.41, 5.74) is 1.06.